The van der Waals surface area contributed by atoms with Crippen molar-refractivity contribution in [1.29, 1.82) is 0 Å². The summed E-state index contributed by atoms with van der Waals surface area (Å²) in [5, 5.41) is 9.83. The highest BCUT2D eigenvalue weighted by molar-refractivity contribution is 5.21. The minimum absolute atomic E-state index is 0.579. The van der Waals surface area contributed by atoms with E-state index in [9.17, 15) is 10.1 Å². The van der Waals surface area contributed by atoms with E-state index < -0.39 is 4.92 Å². The molecule has 1 aromatic carbocycles. The monoisotopic (exact) mass is 165 g/mol. The van der Waals surface area contributed by atoms with Crippen LogP contribution in [0.5, 0.6) is 5.75 Å². The van der Waals surface area contributed by atoms with Crippen LogP contribution in [0.2, 0.25) is 0 Å². The topological polar surface area (TPSA) is 52.4 Å². The molecule has 1 aromatic rings. The molecule has 0 radical (unpaired) electrons. The number of nitrogens with zero attached hydrogens (tertiary/aromatic N) is 1. The summed E-state index contributed by atoms with van der Waals surface area (Å²) in [5.41, 5.74) is 0. The van der Waals surface area contributed by atoms with Crippen LogP contribution in [0.15, 0.2) is 42.8 Å². The van der Waals surface area contributed by atoms with Crippen LogP contribution >= 0.6 is 0 Å². The van der Waals surface area contributed by atoms with Crippen molar-refractivity contribution in [1.82, 2.24) is 0 Å². The van der Waals surface area contributed by atoms with Gasteiger partial charge in [0.1, 0.15) is 5.75 Å². The number of hydrogen-bond donors (Lipinski definition) is 0. The van der Waals surface area contributed by atoms with Crippen molar-refractivity contribution in [3.05, 3.63) is 52.9 Å². The Kier molecular flexibility index (Phi) is 2.84. The molecule has 0 aliphatic heterocycles. The van der Waals surface area contributed by atoms with Crippen LogP contribution in [-0.4, -0.2) is 4.92 Å². The van der Waals surface area contributed by atoms with Gasteiger partial charge in [0.15, 0.2) is 6.26 Å². The first-order valence-corrected chi connectivity index (χ1v) is 3.31. The summed E-state index contributed by atoms with van der Waals surface area (Å²) in [6, 6.07) is 8.84. The second kappa shape index (κ2) is 4.12. The fourth-order valence-corrected chi connectivity index (χ4v) is 0.658. The van der Waals surface area contributed by atoms with Gasteiger partial charge in [-0.1, -0.05) is 18.2 Å². The Morgan fingerprint density at radius 2 is 2.00 bits per heavy atom. The Morgan fingerprint density at radius 1 is 1.33 bits per heavy atom. The van der Waals surface area contributed by atoms with Gasteiger partial charge in [-0.25, -0.2) is 0 Å². The number of nitro groups is 1. The SMILES string of the molecule is O=[N+]([O-])/C=C/Oc1ccccc1. The maximum atomic E-state index is 9.83. The third-order valence-corrected chi connectivity index (χ3v) is 1.13. The minimum atomic E-state index is -0.580. The molecule has 0 aliphatic carbocycles. The first-order chi connectivity index (χ1) is 5.79. The van der Waals surface area contributed by atoms with Crippen LogP contribution in [0.4, 0.5) is 0 Å². The summed E-state index contributed by atoms with van der Waals surface area (Å²) in [7, 11) is 0. The van der Waals surface area contributed by atoms with Crippen LogP contribution in [-0.2, 0) is 0 Å². The lowest BCUT2D eigenvalue weighted by Gasteiger charge is -1.95. The summed E-state index contributed by atoms with van der Waals surface area (Å²) < 4.78 is 4.89. The quantitative estimate of drug-likeness (QED) is 0.390. The molecule has 0 aliphatic rings. The van der Waals surface area contributed by atoms with E-state index in [1.807, 2.05) is 6.07 Å². The molecule has 0 heterocycles. The lowest BCUT2D eigenvalue weighted by molar-refractivity contribution is -0.403. The molecule has 62 valence electrons. The van der Waals surface area contributed by atoms with Crippen LogP contribution < -0.4 is 4.74 Å². The molecule has 0 N–H and O–H groups in total. The number of rotatable bonds is 3. The highest BCUT2D eigenvalue weighted by Crippen LogP contribution is 2.07. The average molecular weight is 165 g/mol. The van der Waals surface area contributed by atoms with E-state index in [0.29, 0.717) is 5.75 Å². The van der Waals surface area contributed by atoms with Crippen LogP contribution in [0.3, 0.4) is 0 Å². The first kappa shape index (κ1) is 8.26. The van der Waals surface area contributed by atoms with Crippen LogP contribution in [0.1, 0.15) is 0 Å². The second-order valence-electron chi connectivity index (χ2n) is 2.00. The smallest absolute Gasteiger partial charge is 0.269 e. The van der Waals surface area contributed by atoms with Gasteiger partial charge < -0.3 is 4.74 Å². The zero-order valence-electron chi connectivity index (χ0n) is 6.21. The van der Waals surface area contributed by atoms with E-state index in [0.717, 1.165) is 12.5 Å². The van der Waals surface area contributed by atoms with E-state index in [-0.39, 0.29) is 0 Å². The number of benzene rings is 1. The van der Waals surface area contributed by atoms with Crippen LogP contribution in [0, 0.1) is 10.1 Å². The fourth-order valence-electron chi connectivity index (χ4n) is 0.658. The van der Waals surface area contributed by atoms with E-state index >= 15 is 0 Å². The van der Waals surface area contributed by atoms with Gasteiger partial charge in [0, 0.05) is 0 Å². The molecule has 0 unspecified atom stereocenters. The Morgan fingerprint density at radius 3 is 2.58 bits per heavy atom. The summed E-state index contributed by atoms with van der Waals surface area (Å²) in [6.45, 7) is 0. The number of hydrogen-bond acceptors (Lipinski definition) is 3. The molecule has 0 atom stereocenters. The van der Waals surface area contributed by atoms with Crippen LogP contribution in [0.25, 0.3) is 0 Å². The molecule has 0 aromatic heterocycles. The van der Waals surface area contributed by atoms with E-state index in [1.54, 1.807) is 24.3 Å². The lowest BCUT2D eigenvalue weighted by Crippen LogP contribution is -1.86. The molecule has 1 rings (SSSR count). The normalized spacial score (nSPS) is 10.0. The molecule has 0 saturated heterocycles. The molecular formula is C8H7NO3. The Labute approximate surface area is 69.2 Å². The first-order valence-electron chi connectivity index (χ1n) is 3.31. The average Bonchev–Trinajstić information content (AvgIpc) is 2.05. The molecule has 0 saturated carbocycles. The summed E-state index contributed by atoms with van der Waals surface area (Å²) in [6.07, 6.45) is 1.78. The van der Waals surface area contributed by atoms with Gasteiger partial charge >= 0.3 is 0 Å². The maximum absolute atomic E-state index is 9.83. The molecule has 12 heavy (non-hydrogen) atoms. The third-order valence-electron chi connectivity index (χ3n) is 1.13. The number of para-hydroxylation sites is 1. The second-order valence-corrected chi connectivity index (χ2v) is 2.00. The number of ether oxygens (including phenoxy) is 1. The third kappa shape index (κ3) is 2.83. The molecule has 0 fully saturated rings. The molecule has 0 bridgehead atoms. The van der Waals surface area contributed by atoms with Gasteiger partial charge in [-0.3, -0.25) is 10.1 Å². The highest BCUT2D eigenvalue weighted by atomic mass is 16.6. The van der Waals surface area contributed by atoms with Gasteiger partial charge in [-0.2, -0.15) is 0 Å². The summed E-state index contributed by atoms with van der Waals surface area (Å²) >= 11 is 0. The molecular weight excluding hydrogens is 158 g/mol. The van der Waals surface area contributed by atoms with Gasteiger partial charge in [-0.15, -0.1) is 0 Å². The van der Waals surface area contributed by atoms with Crippen molar-refractivity contribution in [3.63, 3.8) is 0 Å². The molecule has 4 heteroatoms. The molecule has 0 amide bonds. The lowest BCUT2D eigenvalue weighted by atomic mass is 10.3. The standard InChI is InChI=1S/C8H7NO3/c10-9(11)6-7-12-8-4-2-1-3-5-8/h1-7H/b7-6+. The Hall–Kier alpha value is -1.84. The van der Waals surface area contributed by atoms with Crippen molar-refractivity contribution in [2.24, 2.45) is 0 Å². The van der Waals surface area contributed by atoms with Gasteiger partial charge in [0.05, 0.1) is 4.92 Å². The predicted octanol–water partition coefficient (Wildman–Crippen LogP) is 1.81. The van der Waals surface area contributed by atoms with Gasteiger partial charge in [-0.05, 0) is 12.1 Å². The zero-order valence-corrected chi connectivity index (χ0v) is 6.21. The van der Waals surface area contributed by atoms with Crippen molar-refractivity contribution >= 4 is 0 Å². The maximum Gasteiger partial charge on any atom is 0.269 e. The van der Waals surface area contributed by atoms with Gasteiger partial charge in [0.25, 0.3) is 6.20 Å². The van der Waals surface area contributed by atoms with Crippen molar-refractivity contribution < 1.29 is 9.66 Å². The Bertz CT molecular complexity index is 282. The van der Waals surface area contributed by atoms with E-state index in [2.05, 4.69) is 0 Å². The van der Waals surface area contributed by atoms with Crippen molar-refractivity contribution in [2.45, 2.75) is 0 Å². The fraction of sp³-hybridized carbons (Fsp3) is 0. The highest BCUT2D eigenvalue weighted by Gasteiger charge is 1.88. The summed E-state index contributed by atoms with van der Waals surface area (Å²) in [4.78, 5) is 9.25. The minimum Gasteiger partial charge on any atom is -0.459 e. The summed E-state index contributed by atoms with van der Waals surface area (Å²) in [5.74, 6) is 0.579. The van der Waals surface area contributed by atoms with E-state index in [1.165, 1.54) is 0 Å². The zero-order chi connectivity index (χ0) is 8.81. The van der Waals surface area contributed by atoms with E-state index in [4.69, 9.17) is 4.74 Å². The Balaban J connectivity index is 2.49. The molecule has 4 nitrogen and oxygen atoms in total. The van der Waals surface area contributed by atoms with Crippen molar-refractivity contribution in [2.75, 3.05) is 0 Å². The molecule has 0 spiro atoms. The van der Waals surface area contributed by atoms with Crippen molar-refractivity contribution in [3.8, 4) is 5.75 Å². The van der Waals surface area contributed by atoms with Gasteiger partial charge in [0.2, 0.25) is 0 Å². The largest absolute Gasteiger partial charge is 0.459 e. The predicted molar refractivity (Wildman–Crippen MR) is 43.2 cm³/mol.